The van der Waals surface area contributed by atoms with Crippen LogP contribution in [0.15, 0.2) is 18.2 Å². The van der Waals surface area contributed by atoms with Crippen molar-refractivity contribution in [3.63, 3.8) is 0 Å². The van der Waals surface area contributed by atoms with Gasteiger partial charge < -0.3 is 15.2 Å². The lowest BCUT2D eigenvalue weighted by Crippen LogP contribution is -2.16. The van der Waals surface area contributed by atoms with Gasteiger partial charge >= 0.3 is 0 Å². The van der Waals surface area contributed by atoms with Gasteiger partial charge in [-0.1, -0.05) is 19.1 Å². The zero-order valence-corrected chi connectivity index (χ0v) is 10.1. The Balaban J connectivity index is 2.60. The van der Waals surface area contributed by atoms with Crippen LogP contribution >= 0.6 is 0 Å². The van der Waals surface area contributed by atoms with E-state index in [0.29, 0.717) is 0 Å². The van der Waals surface area contributed by atoms with Crippen molar-refractivity contribution in [3.05, 3.63) is 29.3 Å². The molecule has 0 aliphatic heterocycles. The average Bonchev–Trinajstić information content (AvgIpc) is 2.34. The van der Waals surface area contributed by atoms with Crippen molar-refractivity contribution in [3.8, 4) is 5.75 Å². The van der Waals surface area contributed by atoms with Crippen molar-refractivity contribution in [1.29, 1.82) is 0 Å². The van der Waals surface area contributed by atoms with Crippen LogP contribution in [0.4, 0.5) is 0 Å². The molecule has 3 heteroatoms. The molecule has 0 atom stereocenters. The Bertz CT molecular complexity index is 313. The molecule has 2 N–H and O–H groups in total. The van der Waals surface area contributed by atoms with Gasteiger partial charge in [0.05, 0.1) is 7.11 Å². The third kappa shape index (κ3) is 3.83. The molecule has 0 amide bonds. The Morgan fingerprint density at radius 3 is 2.81 bits per heavy atom. The number of hydrogen-bond donors (Lipinski definition) is 2. The van der Waals surface area contributed by atoms with Crippen LogP contribution < -0.4 is 10.1 Å². The fraction of sp³-hybridized carbons (Fsp3) is 0.538. The zero-order valence-electron chi connectivity index (χ0n) is 10.1. The van der Waals surface area contributed by atoms with E-state index < -0.39 is 0 Å². The molecule has 1 rings (SSSR count). The first-order chi connectivity index (χ1) is 7.81. The molecule has 1 aromatic carbocycles. The summed E-state index contributed by atoms with van der Waals surface area (Å²) in [6, 6.07) is 6.28. The molecular formula is C13H21NO2. The molecule has 0 aliphatic carbocycles. The third-order valence-electron chi connectivity index (χ3n) is 2.58. The molecule has 0 fully saturated rings. The Kier molecular flexibility index (Phi) is 5.90. The number of aliphatic hydroxyl groups excluding tert-OH is 1. The molecule has 1 aromatic rings. The second-order valence-corrected chi connectivity index (χ2v) is 3.75. The summed E-state index contributed by atoms with van der Waals surface area (Å²) in [5.41, 5.74) is 2.50. The molecule has 0 saturated heterocycles. The van der Waals surface area contributed by atoms with Crippen molar-refractivity contribution >= 4 is 0 Å². The second kappa shape index (κ2) is 7.25. The number of aryl methyl sites for hydroxylation is 1. The number of nitrogens with one attached hydrogen (secondary N) is 1. The lowest BCUT2D eigenvalue weighted by molar-refractivity contribution is 0.286. The first-order valence-corrected chi connectivity index (χ1v) is 5.79. The summed E-state index contributed by atoms with van der Waals surface area (Å²) in [5.74, 6) is 0.925. The summed E-state index contributed by atoms with van der Waals surface area (Å²) in [6.45, 7) is 4.00. The first kappa shape index (κ1) is 13.0. The van der Waals surface area contributed by atoms with E-state index in [-0.39, 0.29) is 6.61 Å². The maximum absolute atomic E-state index is 8.68. The van der Waals surface area contributed by atoms with Crippen LogP contribution in [0.2, 0.25) is 0 Å². The number of aliphatic hydroxyl groups is 1. The molecular weight excluding hydrogens is 202 g/mol. The van der Waals surface area contributed by atoms with Gasteiger partial charge in [0.2, 0.25) is 0 Å². The van der Waals surface area contributed by atoms with Gasteiger partial charge in [-0.05, 0) is 31.0 Å². The summed E-state index contributed by atoms with van der Waals surface area (Å²) >= 11 is 0. The summed E-state index contributed by atoms with van der Waals surface area (Å²) < 4.78 is 5.31. The number of rotatable bonds is 7. The van der Waals surface area contributed by atoms with Gasteiger partial charge in [-0.15, -0.1) is 0 Å². The van der Waals surface area contributed by atoms with E-state index in [0.717, 1.165) is 31.7 Å². The van der Waals surface area contributed by atoms with Crippen molar-refractivity contribution in [1.82, 2.24) is 5.32 Å². The van der Waals surface area contributed by atoms with E-state index >= 15 is 0 Å². The molecule has 0 unspecified atom stereocenters. The molecule has 0 aliphatic rings. The fourth-order valence-electron chi connectivity index (χ4n) is 1.62. The highest BCUT2D eigenvalue weighted by Crippen LogP contribution is 2.19. The van der Waals surface area contributed by atoms with Crippen LogP contribution in [0.1, 0.15) is 24.5 Å². The molecule has 0 saturated carbocycles. The Morgan fingerprint density at radius 2 is 2.19 bits per heavy atom. The number of ether oxygens (including phenoxy) is 1. The minimum absolute atomic E-state index is 0.235. The van der Waals surface area contributed by atoms with Crippen LogP contribution in [-0.2, 0) is 13.0 Å². The van der Waals surface area contributed by atoms with E-state index in [1.807, 2.05) is 6.07 Å². The highest BCUT2D eigenvalue weighted by atomic mass is 16.5. The lowest BCUT2D eigenvalue weighted by Gasteiger charge is -2.11. The predicted molar refractivity (Wildman–Crippen MR) is 65.8 cm³/mol. The summed E-state index contributed by atoms with van der Waals surface area (Å²) in [6.07, 6.45) is 1.82. The Hall–Kier alpha value is -1.06. The standard InChI is InChI=1S/C13H21NO2/c1-3-11-5-6-13(16-2)12(9-11)10-14-7-4-8-15/h5-6,9,14-15H,3-4,7-8,10H2,1-2H3. The molecule has 90 valence electrons. The van der Waals surface area contributed by atoms with E-state index in [1.54, 1.807) is 7.11 Å². The highest BCUT2D eigenvalue weighted by Gasteiger charge is 2.03. The number of methoxy groups -OCH3 is 1. The van der Waals surface area contributed by atoms with Crippen molar-refractivity contribution < 1.29 is 9.84 Å². The molecule has 0 spiro atoms. The van der Waals surface area contributed by atoms with Crippen molar-refractivity contribution in [2.75, 3.05) is 20.3 Å². The molecule has 3 nitrogen and oxygen atoms in total. The summed E-state index contributed by atoms with van der Waals surface area (Å²) in [7, 11) is 1.69. The minimum Gasteiger partial charge on any atom is -0.496 e. The highest BCUT2D eigenvalue weighted by molar-refractivity contribution is 5.37. The third-order valence-corrected chi connectivity index (χ3v) is 2.58. The zero-order chi connectivity index (χ0) is 11.8. The van der Waals surface area contributed by atoms with Crippen LogP contribution in [-0.4, -0.2) is 25.4 Å². The maximum Gasteiger partial charge on any atom is 0.123 e. The van der Waals surface area contributed by atoms with Crippen LogP contribution in [0.25, 0.3) is 0 Å². The number of hydrogen-bond acceptors (Lipinski definition) is 3. The fourth-order valence-corrected chi connectivity index (χ4v) is 1.62. The normalized spacial score (nSPS) is 10.4. The molecule has 0 aromatic heterocycles. The molecule has 0 heterocycles. The van der Waals surface area contributed by atoms with E-state index in [1.165, 1.54) is 11.1 Å². The minimum atomic E-state index is 0.235. The maximum atomic E-state index is 8.68. The SMILES string of the molecule is CCc1ccc(OC)c(CNCCCO)c1. The number of benzene rings is 1. The van der Waals surface area contributed by atoms with Crippen LogP contribution in [0.5, 0.6) is 5.75 Å². The van der Waals surface area contributed by atoms with Gasteiger partial charge in [0.1, 0.15) is 5.75 Å². The summed E-state index contributed by atoms with van der Waals surface area (Å²) in [4.78, 5) is 0. The van der Waals surface area contributed by atoms with Gasteiger partial charge in [-0.2, -0.15) is 0 Å². The average molecular weight is 223 g/mol. The quantitative estimate of drug-likeness (QED) is 0.692. The van der Waals surface area contributed by atoms with Crippen molar-refractivity contribution in [2.24, 2.45) is 0 Å². The van der Waals surface area contributed by atoms with Crippen molar-refractivity contribution in [2.45, 2.75) is 26.3 Å². The van der Waals surface area contributed by atoms with Gasteiger partial charge in [0, 0.05) is 18.7 Å². The largest absolute Gasteiger partial charge is 0.496 e. The van der Waals surface area contributed by atoms with Crippen LogP contribution in [0, 0.1) is 0 Å². The predicted octanol–water partition coefficient (Wildman–Crippen LogP) is 1.73. The lowest BCUT2D eigenvalue weighted by atomic mass is 10.1. The topological polar surface area (TPSA) is 41.5 Å². The van der Waals surface area contributed by atoms with Gasteiger partial charge in [0.25, 0.3) is 0 Å². The van der Waals surface area contributed by atoms with Crippen LogP contribution in [0.3, 0.4) is 0 Å². The van der Waals surface area contributed by atoms with E-state index in [2.05, 4.69) is 24.4 Å². The Morgan fingerprint density at radius 1 is 1.38 bits per heavy atom. The molecule has 0 radical (unpaired) electrons. The second-order valence-electron chi connectivity index (χ2n) is 3.75. The monoisotopic (exact) mass is 223 g/mol. The van der Waals surface area contributed by atoms with Gasteiger partial charge in [-0.25, -0.2) is 0 Å². The van der Waals surface area contributed by atoms with Gasteiger partial charge in [0.15, 0.2) is 0 Å². The smallest absolute Gasteiger partial charge is 0.123 e. The molecule has 0 bridgehead atoms. The Labute approximate surface area is 97.4 Å². The molecule has 16 heavy (non-hydrogen) atoms. The van der Waals surface area contributed by atoms with E-state index in [4.69, 9.17) is 9.84 Å². The first-order valence-electron chi connectivity index (χ1n) is 5.79. The summed E-state index contributed by atoms with van der Waals surface area (Å²) in [5, 5.41) is 12.0. The van der Waals surface area contributed by atoms with Gasteiger partial charge in [-0.3, -0.25) is 0 Å². The van der Waals surface area contributed by atoms with E-state index in [9.17, 15) is 0 Å².